The molecule has 5 heteroatoms. The molecule has 1 heterocycles. The third-order valence-electron chi connectivity index (χ3n) is 2.64. The van der Waals surface area contributed by atoms with Crippen molar-refractivity contribution in [2.45, 2.75) is 13.0 Å². The number of nitrogens with zero attached hydrogens (tertiary/aromatic N) is 1. The zero-order valence-corrected chi connectivity index (χ0v) is 10.6. The van der Waals surface area contributed by atoms with Crippen LogP contribution in [0.25, 0.3) is 0 Å². The number of ether oxygens (including phenoxy) is 1. The summed E-state index contributed by atoms with van der Waals surface area (Å²) in [5.74, 6) is 6.47. The van der Waals surface area contributed by atoms with Gasteiger partial charge in [0.2, 0.25) is 0 Å². The van der Waals surface area contributed by atoms with Crippen LogP contribution in [-0.2, 0) is 0 Å². The van der Waals surface area contributed by atoms with Crippen LogP contribution in [0.3, 0.4) is 0 Å². The van der Waals surface area contributed by atoms with Crippen LogP contribution >= 0.6 is 11.3 Å². The normalized spacial score (nSPS) is 12.4. The number of nitrogens with one attached hydrogen (secondary N) is 1. The predicted molar refractivity (Wildman–Crippen MR) is 69.0 cm³/mol. The van der Waals surface area contributed by atoms with Crippen molar-refractivity contribution in [1.82, 2.24) is 10.4 Å². The Labute approximate surface area is 104 Å². The molecule has 0 saturated heterocycles. The maximum Gasteiger partial charge on any atom is 0.119 e. The molecule has 1 aromatic heterocycles. The van der Waals surface area contributed by atoms with Crippen LogP contribution < -0.4 is 16.0 Å². The van der Waals surface area contributed by atoms with Gasteiger partial charge < -0.3 is 4.74 Å². The van der Waals surface area contributed by atoms with E-state index in [-0.39, 0.29) is 6.04 Å². The van der Waals surface area contributed by atoms with E-state index in [4.69, 9.17) is 10.6 Å². The van der Waals surface area contributed by atoms with Gasteiger partial charge in [-0.05, 0) is 24.6 Å². The van der Waals surface area contributed by atoms with E-state index < -0.39 is 0 Å². The standard InChI is InChI=1S/C12H15N3OS/c1-8-12(17-7-14-8)11(15-13)9-4-3-5-10(6-9)16-2/h3-7,11,15H,13H2,1-2H3. The van der Waals surface area contributed by atoms with Crippen LogP contribution in [0.1, 0.15) is 22.2 Å². The Morgan fingerprint density at radius 2 is 2.29 bits per heavy atom. The molecule has 0 aliphatic heterocycles. The number of methoxy groups -OCH3 is 1. The van der Waals surface area contributed by atoms with Crippen LogP contribution in [0.15, 0.2) is 29.8 Å². The van der Waals surface area contributed by atoms with Crippen LogP contribution in [-0.4, -0.2) is 12.1 Å². The monoisotopic (exact) mass is 249 g/mol. The highest BCUT2D eigenvalue weighted by atomic mass is 32.1. The second-order valence-corrected chi connectivity index (χ2v) is 4.56. The molecule has 4 nitrogen and oxygen atoms in total. The average molecular weight is 249 g/mol. The lowest BCUT2D eigenvalue weighted by Gasteiger charge is -2.16. The lowest BCUT2D eigenvalue weighted by molar-refractivity contribution is 0.413. The number of hydrogen-bond acceptors (Lipinski definition) is 5. The van der Waals surface area contributed by atoms with Crippen LogP contribution in [0.4, 0.5) is 0 Å². The van der Waals surface area contributed by atoms with E-state index >= 15 is 0 Å². The van der Waals surface area contributed by atoms with Crippen LogP contribution in [0.2, 0.25) is 0 Å². The summed E-state index contributed by atoms with van der Waals surface area (Å²) in [6.07, 6.45) is 0. The second-order valence-electron chi connectivity index (χ2n) is 3.68. The van der Waals surface area contributed by atoms with E-state index in [1.165, 1.54) is 0 Å². The molecule has 2 rings (SSSR count). The lowest BCUT2D eigenvalue weighted by Crippen LogP contribution is -2.28. The Morgan fingerprint density at radius 3 is 2.88 bits per heavy atom. The maximum atomic E-state index is 5.64. The Kier molecular flexibility index (Phi) is 3.73. The van der Waals surface area contributed by atoms with Gasteiger partial charge in [0.15, 0.2) is 0 Å². The van der Waals surface area contributed by atoms with Crippen molar-refractivity contribution in [3.05, 3.63) is 45.9 Å². The molecule has 2 aromatic rings. The molecule has 3 N–H and O–H groups in total. The summed E-state index contributed by atoms with van der Waals surface area (Å²) in [5.41, 5.74) is 6.73. The minimum Gasteiger partial charge on any atom is -0.497 e. The van der Waals surface area contributed by atoms with E-state index in [1.54, 1.807) is 18.4 Å². The third kappa shape index (κ3) is 2.46. The van der Waals surface area contributed by atoms with Gasteiger partial charge in [-0.15, -0.1) is 11.3 Å². The summed E-state index contributed by atoms with van der Waals surface area (Å²) in [5, 5.41) is 0. The van der Waals surface area contributed by atoms with E-state index in [2.05, 4.69) is 10.4 Å². The number of rotatable bonds is 4. The lowest BCUT2D eigenvalue weighted by atomic mass is 10.0. The molecule has 1 unspecified atom stereocenters. The van der Waals surface area contributed by atoms with Gasteiger partial charge in [0.05, 0.1) is 29.2 Å². The Morgan fingerprint density at radius 1 is 1.47 bits per heavy atom. The number of benzene rings is 1. The molecule has 0 radical (unpaired) electrons. The van der Waals surface area contributed by atoms with Crippen molar-refractivity contribution in [3.8, 4) is 5.75 Å². The van der Waals surface area contributed by atoms with E-state index in [9.17, 15) is 0 Å². The molecule has 1 aromatic carbocycles. The van der Waals surface area contributed by atoms with Gasteiger partial charge in [0.25, 0.3) is 0 Å². The summed E-state index contributed by atoms with van der Waals surface area (Å²) >= 11 is 1.60. The van der Waals surface area contributed by atoms with Crippen molar-refractivity contribution in [2.24, 2.45) is 5.84 Å². The van der Waals surface area contributed by atoms with Crippen molar-refractivity contribution < 1.29 is 4.74 Å². The quantitative estimate of drug-likeness (QED) is 0.643. The van der Waals surface area contributed by atoms with Crippen molar-refractivity contribution >= 4 is 11.3 Å². The summed E-state index contributed by atoms with van der Waals surface area (Å²) in [7, 11) is 1.65. The van der Waals surface area contributed by atoms with Gasteiger partial charge >= 0.3 is 0 Å². The Balaban J connectivity index is 2.38. The summed E-state index contributed by atoms with van der Waals surface area (Å²) < 4.78 is 5.22. The fraction of sp³-hybridized carbons (Fsp3) is 0.250. The third-order valence-corrected chi connectivity index (χ3v) is 3.63. The number of aromatic nitrogens is 1. The fourth-order valence-corrected chi connectivity index (χ4v) is 2.62. The number of thiazole rings is 1. The molecule has 0 fully saturated rings. The molecule has 0 saturated carbocycles. The summed E-state index contributed by atoms with van der Waals surface area (Å²) in [6.45, 7) is 1.98. The van der Waals surface area contributed by atoms with Crippen LogP contribution in [0.5, 0.6) is 5.75 Å². The molecule has 0 amide bonds. The molecule has 0 aliphatic rings. The minimum absolute atomic E-state index is 0.0439. The number of hydrazine groups is 1. The highest BCUT2D eigenvalue weighted by molar-refractivity contribution is 7.09. The van der Waals surface area contributed by atoms with Gasteiger partial charge in [-0.25, -0.2) is 10.4 Å². The molecule has 0 aliphatic carbocycles. The number of hydrogen-bond donors (Lipinski definition) is 2. The molecule has 0 spiro atoms. The molecule has 1 atom stereocenters. The number of nitrogens with two attached hydrogens (primary N) is 1. The van der Waals surface area contributed by atoms with Crippen LogP contribution in [0, 0.1) is 6.92 Å². The minimum atomic E-state index is -0.0439. The Hall–Kier alpha value is -1.43. The van der Waals surface area contributed by atoms with Crippen molar-refractivity contribution in [3.63, 3.8) is 0 Å². The van der Waals surface area contributed by atoms with E-state index in [1.807, 2.05) is 36.7 Å². The molecular formula is C12H15N3OS. The number of aryl methyl sites for hydroxylation is 1. The molecule has 90 valence electrons. The Bertz CT molecular complexity index is 498. The van der Waals surface area contributed by atoms with Gasteiger partial charge in [0.1, 0.15) is 5.75 Å². The van der Waals surface area contributed by atoms with Crippen molar-refractivity contribution in [2.75, 3.05) is 7.11 Å². The second kappa shape index (κ2) is 5.27. The first-order valence-electron chi connectivity index (χ1n) is 5.26. The zero-order chi connectivity index (χ0) is 12.3. The predicted octanol–water partition coefficient (Wildman–Crippen LogP) is 2.01. The highest BCUT2D eigenvalue weighted by Gasteiger charge is 2.17. The first-order valence-corrected chi connectivity index (χ1v) is 6.14. The van der Waals surface area contributed by atoms with E-state index in [0.29, 0.717) is 0 Å². The van der Waals surface area contributed by atoms with Gasteiger partial charge in [-0.3, -0.25) is 5.84 Å². The van der Waals surface area contributed by atoms with Gasteiger partial charge in [-0.1, -0.05) is 12.1 Å². The fourth-order valence-electron chi connectivity index (χ4n) is 1.73. The highest BCUT2D eigenvalue weighted by Crippen LogP contribution is 2.28. The maximum absolute atomic E-state index is 5.64. The summed E-state index contributed by atoms with van der Waals surface area (Å²) in [4.78, 5) is 5.37. The SMILES string of the molecule is COc1cccc(C(NN)c2scnc2C)c1. The molecular weight excluding hydrogens is 234 g/mol. The van der Waals surface area contributed by atoms with Crippen molar-refractivity contribution in [1.29, 1.82) is 0 Å². The molecule has 0 bridgehead atoms. The van der Waals surface area contributed by atoms with Gasteiger partial charge in [0, 0.05) is 0 Å². The molecule has 17 heavy (non-hydrogen) atoms. The topological polar surface area (TPSA) is 60.2 Å². The summed E-state index contributed by atoms with van der Waals surface area (Å²) in [6, 6.07) is 7.82. The average Bonchev–Trinajstić information content (AvgIpc) is 2.77. The smallest absolute Gasteiger partial charge is 0.119 e. The zero-order valence-electron chi connectivity index (χ0n) is 9.81. The van der Waals surface area contributed by atoms with E-state index in [0.717, 1.165) is 21.9 Å². The largest absolute Gasteiger partial charge is 0.497 e. The first-order chi connectivity index (χ1) is 8.26. The first kappa shape index (κ1) is 12.0. The van der Waals surface area contributed by atoms with Gasteiger partial charge in [-0.2, -0.15) is 0 Å².